The maximum Gasteiger partial charge on any atom is 0.123 e. The number of aromatic nitrogens is 1. The molecule has 0 bridgehead atoms. The molecule has 2 aromatic heterocycles. The first-order valence-electron chi connectivity index (χ1n) is 8.22. The minimum atomic E-state index is 0.197. The molecule has 124 valence electrons. The third-order valence-electron chi connectivity index (χ3n) is 4.02. The Balaban J connectivity index is 1.51. The predicted octanol–water partition coefficient (Wildman–Crippen LogP) is 5.75. The van der Waals surface area contributed by atoms with E-state index in [9.17, 15) is 0 Å². The molecule has 4 rings (SSSR count). The van der Waals surface area contributed by atoms with Gasteiger partial charge in [-0.3, -0.25) is 5.32 Å². The van der Waals surface area contributed by atoms with Crippen LogP contribution in [0.25, 0.3) is 10.6 Å². The third-order valence-corrected chi connectivity index (χ3v) is 5.90. The van der Waals surface area contributed by atoms with Crippen molar-refractivity contribution < 1.29 is 0 Å². The van der Waals surface area contributed by atoms with Crippen molar-refractivity contribution in [2.45, 2.75) is 12.6 Å². The first-order valence-corrected chi connectivity index (χ1v) is 9.97. The molecule has 0 fully saturated rings. The molecule has 0 amide bonds. The highest BCUT2D eigenvalue weighted by Crippen LogP contribution is 2.27. The number of hydrogen-bond acceptors (Lipinski definition) is 4. The molecule has 25 heavy (non-hydrogen) atoms. The highest BCUT2D eigenvalue weighted by molar-refractivity contribution is 7.13. The quantitative estimate of drug-likeness (QED) is 0.472. The van der Waals surface area contributed by atoms with Crippen LogP contribution in [-0.4, -0.2) is 4.98 Å². The van der Waals surface area contributed by atoms with Gasteiger partial charge in [-0.15, -0.1) is 22.7 Å². The summed E-state index contributed by atoms with van der Waals surface area (Å²) >= 11 is 3.48. The van der Waals surface area contributed by atoms with Crippen molar-refractivity contribution in [1.82, 2.24) is 10.3 Å². The van der Waals surface area contributed by atoms with E-state index in [0.29, 0.717) is 0 Å². The number of hydrogen-bond donors (Lipinski definition) is 1. The number of thiophene rings is 1. The zero-order valence-corrected chi connectivity index (χ0v) is 15.3. The maximum atomic E-state index is 4.79. The van der Waals surface area contributed by atoms with Crippen molar-refractivity contribution in [3.05, 3.63) is 99.7 Å². The fourth-order valence-electron chi connectivity index (χ4n) is 2.79. The number of nitrogens with one attached hydrogen (secondary N) is 1. The molecule has 1 N–H and O–H groups in total. The van der Waals surface area contributed by atoms with Crippen LogP contribution in [0, 0.1) is 0 Å². The van der Waals surface area contributed by atoms with E-state index in [-0.39, 0.29) is 6.04 Å². The minimum Gasteiger partial charge on any atom is -0.300 e. The van der Waals surface area contributed by atoms with Crippen LogP contribution in [0.2, 0.25) is 0 Å². The lowest BCUT2D eigenvalue weighted by Gasteiger charge is -2.17. The first-order chi connectivity index (χ1) is 12.4. The molecule has 4 aromatic rings. The molecule has 0 saturated carbocycles. The summed E-state index contributed by atoms with van der Waals surface area (Å²) in [4.78, 5) is 6.11. The number of nitrogens with zero attached hydrogens (tertiary/aromatic N) is 1. The molecule has 0 radical (unpaired) electrons. The van der Waals surface area contributed by atoms with E-state index in [4.69, 9.17) is 4.98 Å². The molecule has 2 aromatic carbocycles. The van der Waals surface area contributed by atoms with Gasteiger partial charge in [-0.2, -0.15) is 0 Å². The number of thiazole rings is 1. The molecule has 2 heterocycles. The second kappa shape index (κ2) is 7.74. The summed E-state index contributed by atoms with van der Waals surface area (Å²) in [7, 11) is 0. The van der Waals surface area contributed by atoms with Gasteiger partial charge in [-0.1, -0.05) is 66.7 Å². The Morgan fingerprint density at radius 2 is 1.60 bits per heavy atom. The van der Waals surface area contributed by atoms with Gasteiger partial charge >= 0.3 is 0 Å². The van der Waals surface area contributed by atoms with Crippen LogP contribution in [0.15, 0.2) is 83.6 Å². The largest absolute Gasteiger partial charge is 0.300 e. The van der Waals surface area contributed by atoms with Gasteiger partial charge in [0.2, 0.25) is 0 Å². The van der Waals surface area contributed by atoms with Crippen molar-refractivity contribution in [1.29, 1.82) is 0 Å². The molecule has 0 unspecified atom stereocenters. The monoisotopic (exact) mass is 362 g/mol. The Morgan fingerprint density at radius 1 is 0.840 bits per heavy atom. The van der Waals surface area contributed by atoms with Gasteiger partial charge in [-0.05, 0) is 17.0 Å². The Morgan fingerprint density at radius 3 is 2.32 bits per heavy atom. The highest BCUT2D eigenvalue weighted by atomic mass is 32.1. The summed E-state index contributed by atoms with van der Waals surface area (Å²) in [6, 6.07) is 25.4. The third kappa shape index (κ3) is 3.87. The predicted molar refractivity (Wildman–Crippen MR) is 107 cm³/mol. The molecular formula is C21H18N2S2. The fourth-order valence-corrected chi connectivity index (χ4v) is 4.44. The lowest BCUT2D eigenvalue weighted by Crippen LogP contribution is -2.21. The van der Waals surface area contributed by atoms with Crippen molar-refractivity contribution in [2.75, 3.05) is 0 Å². The van der Waals surface area contributed by atoms with E-state index >= 15 is 0 Å². The molecule has 0 aliphatic heterocycles. The molecule has 0 saturated heterocycles. The number of benzene rings is 2. The average Bonchev–Trinajstić information content (AvgIpc) is 3.36. The topological polar surface area (TPSA) is 24.9 Å². The van der Waals surface area contributed by atoms with Gasteiger partial charge in [0.25, 0.3) is 0 Å². The second-order valence-corrected chi connectivity index (χ2v) is 7.59. The highest BCUT2D eigenvalue weighted by Gasteiger charge is 2.15. The number of rotatable bonds is 6. The molecule has 0 aliphatic carbocycles. The van der Waals surface area contributed by atoms with Gasteiger partial charge in [-0.25, -0.2) is 4.98 Å². The zero-order valence-electron chi connectivity index (χ0n) is 13.6. The van der Waals surface area contributed by atoms with Gasteiger partial charge in [0.1, 0.15) is 5.01 Å². The average molecular weight is 363 g/mol. The van der Waals surface area contributed by atoms with Crippen molar-refractivity contribution in [2.24, 2.45) is 0 Å². The van der Waals surface area contributed by atoms with Crippen LogP contribution in [0.4, 0.5) is 0 Å². The van der Waals surface area contributed by atoms with E-state index < -0.39 is 0 Å². The SMILES string of the molecule is c1ccc(-c2nc(CN[C@@H](c3ccccc3)c3cccs3)cs2)cc1. The van der Waals surface area contributed by atoms with E-state index in [1.54, 1.807) is 22.7 Å². The summed E-state index contributed by atoms with van der Waals surface area (Å²) in [5.74, 6) is 0. The summed E-state index contributed by atoms with van der Waals surface area (Å²) in [5.41, 5.74) is 3.54. The zero-order chi connectivity index (χ0) is 16.9. The van der Waals surface area contributed by atoms with Crippen LogP contribution >= 0.6 is 22.7 Å². The summed E-state index contributed by atoms with van der Waals surface area (Å²) < 4.78 is 0. The molecule has 4 heteroatoms. The van der Waals surface area contributed by atoms with Crippen LogP contribution in [0.3, 0.4) is 0 Å². The normalized spacial score (nSPS) is 12.2. The van der Waals surface area contributed by atoms with Crippen LogP contribution in [0.1, 0.15) is 22.2 Å². The van der Waals surface area contributed by atoms with Gasteiger partial charge < -0.3 is 0 Å². The van der Waals surface area contributed by atoms with E-state index in [0.717, 1.165) is 17.2 Å². The summed E-state index contributed by atoms with van der Waals surface area (Å²) in [6.07, 6.45) is 0. The summed E-state index contributed by atoms with van der Waals surface area (Å²) in [6.45, 7) is 0.751. The Hall–Kier alpha value is -2.27. The Labute approximate surface area is 155 Å². The lowest BCUT2D eigenvalue weighted by atomic mass is 10.1. The molecule has 0 aliphatic rings. The molecule has 1 atom stereocenters. The second-order valence-electron chi connectivity index (χ2n) is 5.75. The summed E-state index contributed by atoms with van der Waals surface area (Å²) in [5, 5.41) is 9.02. The van der Waals surface area contributed by atoms with Crippen molar-refractivity contribution >= 4 is 22.7 Å². The smallest absolute Gasteiger partial charge is 0.123 e. The van der Waals surface area contributed by atoms with Crippen LogP contribution < -0.4 is 5.32 Å². The first kappa shape index (κ1) is 16.2. The molecule has 0 spiro atoms. The molecular weight excluding hydrogens is 344 g/mol. The van der Waals surface area contributed by atoms with E-state index in [2.05, 4.69) is 82.8 Å². The lowest BCUT2D eigenvalue weighted by molar-refractivity contribution is 0.606. The Kier molecular flexibility index (Phi) is 5.02. The Bertz CT molecular complexity index is 900. The maximum absolute atomic E-state index is 4.79. The van der Waals surface area contributed by atoms with Crippen LogP contribution in [-0.2, 0) is 6.54 Å². The fraction of sp³-hybridized carbons (Fsp3) is 0.0952. The molecule has 2 nitrogen and oxygen atoms in total. The standard InChI is InChI=1S/C21H18N2S2/c1-3-8-16(9-4-1)20(19-12-7-13-24-19)22-14-18-15-25-21(23-18)17-10-5-2-6-11-17/h1-13,15,20,22H,14H2/t20-/m0/s1. The van der Waals surface area contributed by atoms with Gasteiger partial charge in [0.15, 0.2) is 0 Å². The van der Waals surface area contributed by atoms with E-state index in [1.807, 2.05) is 6.07 Å². The van der Waals surface area contributed by atoms with Gasteiger partial charge in [0, 0.05) is 22.4 Å². The minimum absolute atomic E-state index is 0.197. The van der Waals surface area contributed by atoms with Crippen molar-refractivity contribution in [3.63, 3.8) is 0 Å². The van der Waals surface area contributed by atoms with E-state index in [1.165, 1.54) is 16.0 Å². The van der Waals surface area contributed by atoms with Crippen molar-refractivity contribution in [3.8, 4) is 10.6 Å². The van der Waals surface area contributed by atoms with Crippen LogP contribution in [0.5, 0.6) is 0 Å². The van der Waals surface area contributed by atoms with Gasteiger partial charge in [0.05, 0.1) is 11.7 Å².